The molecule has 4 aromatic heterocycles. The third-order valence-corrected chi connectivity index (χ3v) is 6.53. The second-order valence-electron chi connectivity index (χ2n) is 6.87. The molecule has 1 aromatic carbocycles. The maximum atomic E-state index is 13.4. The standard InChI is InChI=1S/C21H16ClN5OS/c1-12-13(2)29-20-17(12)19-24-18(15-7-9-23-10-8-15)25-27(19)21(28)26(20)11-14-3-5-16(22)6-4-14/h3-10H,11H2,1-2H3. The van der Waals surface area contributed by atoms with Crippen LogP contribution in [-0.4, -0.2) is 24.1 Å². The molecule has 0 saturated heterocycles. The fourth-order valence-electron chi connectivity index (χ4n) is 3.41. The van der Waals surface area contributed by atoms with E-state index in [2.05, 4.69) is 23.9 Å². The van der Waals surface area contributed by atoms with Crippen molar-refractivity contribution in [3.8, 4) is 11.4 Å². The third-order valence-electron chi connectivity index (χ3n) is 5.05. The Hall–Kier alpha value is -3.03. The maximum Gasteiger partial charge on any atom is 0.352 e. The van der Waals surface area contributed by atoms with E-state index in [0.717, 1.165) is 31.8 Å². The first kappa shape index (κ1) is 18.0. The average molecular weight is 422 g/mol. The molecule has 0 amide bonds. The second-order valence-corrected chi connectivity index (χ2v) is 8.50. The molecule has 0 radical (unpaired) electrons. The van der Waals surface area contributed by atoms with E-state index in [1.54, 1.807) is 28.3 Å². The Morgan fingerprint density at radius 1 is 1.07 bits per heavy atom. The normalized spacial score (nSPS) is 11.6. The predicted octanol–water partition coefficient (Wildman–Crippen LogP) is 4.49. The molecule has 4 heterocycles. The summed E-state index contributed by atoms with van der Waals surface area (Å²) in [6.07, 6.45) is 3.38. The van der Waals surface area contributed by atoms with Crippen molar-refractivity contribution in [2.75, 3.05) is 0 Å². The number of rotatable bonds is 3. The lowest BCUT2D eigenvalue weighted by Gasteiger charge is -2.09. The molecular formula is C21H16ClN5OS. The number of halogens is 1. The molecule has 6 nitrogen and oxygen atoms in total. The van der Waals surface area contributed by atoms with E-state index < -0.39 is 0 Å². The zero-order valence-corrected chi connectivity index (χ0v) is 17.3. The molecule has 0 bridgehead atoms. The fraction of sp³-hybridized carbons (Fsp3) is 0.143. The molecule has 5 aromatic rings. The first-order chi connectivity index (χ1) is 14.0. The molecule has 5 rings (SSSR count). The Morgan fingerprint density at radius 3 is 2.52 bits per heavy atom. The summed E-state index contributed by atoms with van der Waals surface area (Å²) in [5, 5.41) is 6.16. The number of nitrogens with zero attached hydrogens (tertiary/aromatic N) is 5. The Kier molecular flexibility index (Phi) is 4.22. The summed E-state index contributed by atoms with van der Waals surface area (Å²) in [5.41, 5.74) is 3.32. The minimum Gasteiger partial charge on any atom is -0.278 e. The third kappa shape index (κ3) is 2.94. The van der Waals surface area contributed by atoms with Crippen molar-refractivity contribution in [1.82, 2.24) is 24.1 Å². The highest BCUT2D eigenvalue weighted by atomic mass is 35.5. The first-order valence-electron chi connectivity index (χ1n) is 9.07. The SMILES string of the molecule is Cc1sc2c(c1C)c1nc(-c3ccncc3)nn1c(=O)n2Cc1ccc(Cl)cc1. The van der Waals surface area contributed by atoms with Crippen LogP contribution in [0.15, 0.2) is 53.6 Å². The van der Waals surface area contributed by atoms with Gasteiger partial charge in [-0.25, -0.2) is 9.78 Å². The van der Waals surface area contributed by atoms with Gasteiger partial charge in [-0.1, -0.05) is 23.7 Å². The van der Waals surface area contributed by atoms with E-state index in [4.69, 9.17) is 16.6 Å². The highest BCUT2D eigenvalue weighted by Crippen LogP contribution is 2.32. The van der Waals surface area contributed by atoms with Crippen LogP contribution in [0.4, 0.5) is 0 Å². The molecule has 0 unspecified atom stereocenters. The van der Waals surface area contributed by atoms with Crippen molar-refractivity contribution in [3.05, 3.63) is 80.3 Å². The number of hydrogen-bond acceptors (Lipinski definition) is 5. The average Bonchev–Trinajstić information content (AvgIpc) is 3.29. The molecule has 0 aliphatic rings. The summed E-state index contributed by atoms with van der Waals surface area (Å²) in [4.78, 5) is 24.2. The highest BCUT2D eigenvalue weighted by Gasteiger charge is 2.20. The minimum absolute atomic E-state index is 0.212. The van der Waals surface area contributed by atoms with Crippen molar-refractivity contribution in [3.63, 3.8) is 0 Å². The number of pyridine rings is 1. The van der Waals surface area contributed by atoms with Gasteiger partial charge in [0.1, 0.15) is 4.83 Å². The zero-order valence-electron chi connectivity index (χ0n) is 15.8. The molecule has 29 heavy (non-hydrogen) atoms. The molecule has 0 spiro atoms. The van der Waals surface area contributed by atoms with Gasteiger partial charge in [-0.05, 0) is 49.2 Å². The molecule has 0 atom stereocenters. The van der Waals surface area contributed by atoms with Crippen molar-refractivity contribution in [2.45, 2.75) is 20.4 Å². The van der Waals surface area contributed by atoms with Crippen molar-refractivity contribution in [2.24, 2.45) is 0 Å². The van der Waals surface area contributed by atoms with Gasteiger partial charge >= 0.3 is 5.69 Å². The van der Waals surface area contributed by atoms with Crippen LogP contribution in [0, 0.1) is 13.8 Å². The maximum absolute atomic E-state index is 13.4. The molecule has 8 heteroatoms. The first-order valence-corrected chi connectivity index (χ1v) is 10.3. The summed E-state index contributed by atoms with van der Waals surface area (Å²) in [6, 6.07) is 11.2. The zero-order chi connectivity index (χ0) is 20.1. The number of aryl methyl sites for hydroxylation is 2. The van der Waals surface area contributed by atoms with E-state index in [-0.39, 0.29) is 5.69 Å². The van der Waals surface area contributed by atoms with Crippen LogP contribution in [0.1, 0.15) is 16.0 Å². The van der Waals surface area contributed by atoms with Gasteiger partial charge in [0.2, 0.25) is 0 Å². The lowest BCUT2D eigenvalue weighted by molar-refractivity contribution is 0.720. The Morgan fingerprint density at radius 2 is 1.79 bits per heavy atom. The largest absolute Gasteiger partial charge is 0.352 e. The Bertz CT molecular complexity index is 1420. The number of aromatic nitrogens is 5. The number of fused-ring (bicyclic) bond motifs is 3. The summed E-state index contributed by atoms with van der Waals surface area (Å²) in [5.74, 6) is 0.512. The summed E-state index contributed by atoms with van der Waals surface area (Å²) < 4.78 is 3.18. The van der Waals surface area contributed by atoms with Crippen molar-refractivity contribution >= 4 is 38.8 Å². The van der Waals surface area contributed by atoms with Crippen LogP contribution in [0.25, 0.3) is 27.3 Å². The summed E-state index contributed by atoms with van der Waals surface area (Å²) >= 11 is 7.62. The molecular weight excluding hydrogens is 406 g/mol. The van der Waals surface area contributed by atoms with Gasteiger partial charge in [-0.2, -0.15) is 4.52 Å². The summed E-state index contributed by atoms with van der Waals surface area (Å²) in [7, 11) is 0. The molecule has 0 saturated carbocycles. The van der Waals surface area contributed by atoms with Crippen LogP contribution in [0.5, 0.6) is 0 Å². The molecule has 0 aliphatic carbocycles. The van der Waals surface area contributed by atoms with Crippen LogP contribution < -0.4 is 5.69 Å². The lowest BCUT2D eigenvalue weighted by Crippen LogP contribution is -2.27. The van der Waals surface area contributed by atoms with Gasteiger partial charge in [-0.15, -0.1) is 16.4 Å². The van der Waals surface area contributed by atoms with Crippen LogP contribution >= 0.6 is 22.9 Å². The fourth-order valence-corrected chi connectivity index (χ4v) is 4.68. The summed E-state index contributed by atoms with van der Waals surface area (Å²) in [6.45, 7) is 4.56. The van der Waals surface area contributed by atoms with Gasteiger partial charge in [-0.3, -0.25) is 9.55 Å². The highest BCUT2D eigenvalue weighted by molar-refractivity contribution is 7.19. The van der Waals surface area contributed by atoms with Crippen LogP contribution in [0.2, 0.25) is 5.02 Å². The van der Waals surface area contributed by atoms with E-state index in [1.807, 2.05) is 36.4 Å². The quantitative estimate of drug-likeness (QED) is 0.430. The van der Waals surface area contributed by atoms with E-state index >= 15 is 0 Å². The van der Waals surface area contributed by atoms with E-state index in [1.165, 1.54) is 4.52 Å². The topological polar surface area (TPSA) is 65.1 Å². The minimum atomic E-state index is -0.212. The van der Waals surface area contributed by atoms with Crippen molar-refractivity contribution < 1.29 is 0 Å². The van der Waals surface area contributed by atoms with Gasteiger partial charge in [0.15, 0.2) is 11.5 Å². The van der Waals surface area contributed by atoms with Crippen LogP contribution in [0.3, 0.4) is 0 Å². The van der Waals surface area contributed by atoms with Crippen LogP contribution in [-0.2, 0) is 6.54 Å². The number of benzene rings is 1. The van der Waals surface area contributed by atoms with Gasteiger partial charge in [0, 0.05) is 27.9 Å². The van der Waals surface area contributed by atoms with Gasteiger partial charge in [0.05, 0.1) is 11.9 Å². The smallest absolute Gasteiger partial charge is 0.278 e. The molecule has 144 valence electrons. The van der Waals surface area contributed by atoms with Crippen molar-refractivity contribution in [1.29, 1.82) is 0 Å². The molecule has 0 fully saturated rings. The number of thiophene rings is 1. The Balaban J connectivity index is 1.80. The molecule has 0 N–H and O–H groups in total. The van der Waals surface area contributed by atoms with Gasteiger partial charge < -0.3 is 0 Å². The Labute approximate surface area is 175 Å². The van der Waals surface area contributed by atoms with E-state index in [0.29, 0.717) is 23.0 Å². The lowest BCUT2D eigenvalue weighted by atomic mass is 10.2. The van der Waals surface area contributed by atoms with E-state index in [9.17, 15) is 4.79 Å². The second kappa shape index (κ2) is 6.79. The molecule has 0 aliphatic heterocycles. The monoisotopic (exact) mass is 421 g/mol. The number of hydrogen-bond donors (Lipinski definition) is 0. The van der Waals surface area contributed by atoms with Gasteiger partial charge in [0.25, 0.3) is 0 Å². The predicted molar refractivity (Wildman–Crippen MR) is 116 cm³/mol.